The van der Waals surface area contributed by atoms with Gasteiger partial charge in [0.05, 0.1) is 12.2 Å². The molecule has 1 aliphatic rings. The van der Waals surface area contributed by atoms with Gasteiger partial charge in [0.25, 0.3) is 0 Å². The molecule has 6 atom stereocenters. The first kappa shape index (κ1) is 73.5. The molecule has 9 amide bonds. The molecule has 1 aliphatic heterocycles. The van der Waals surface area contributed by atoms with Crippen LogP contribution in [0.15, 0.2) is 79.3 Å². The van der Waals surface area contributed by atoms with Crippen LogP contribution < -0.4 is 53.6 Å². The smallest absolute Gasteiger partial charge is 0.247 e. The SMILES string of the molecule is CCCCCCCCCCCCCCCC(=O)NCCCC[C@@H](NC(=O)[C@H]1CCCCn2cc(nn2)C[C@@H](NC(C)=O)C(=O)N[C@@H](Cc2cccnc2)C(=O)N[C@@H](CCCCN)C(=O)N[C@@H](Cc2ccc(O)cc2)C(=O)NCC(=O)N1c1ccccc1C)C(N)=O. The van der Waals surface area contributed by atoms with Gasteiger partial charge in [0.1, 0.15) is 42.0 Å². The van der Waals surface area contributed by atoms with E-state index in [1.165, 1.54) is 94.4 Å². The van der Waals surface area contributed by atoms with E-state index in [4.69, 9.17) is 11.5 Å². The molecule has 24 nitrogen and oxygen atoms in total. The number of primary amides is 1. The molecule has 4 aromatic rings. The summed E-state index contributed by atoms with van der Waals surface area (Å²) in [7, 11) is 0. The Kier molecular flexibility index (Phi) is 33.2. The number of aromatic nitrogens is 4. The summed E-state index contributed by atoms with van der Waals surface area (Å²) in [6.07, 6.45) is 23.3. The number of aryl methyl sites for hydroxylation is 2. The first-order valence-corrected chi connectivity index (χ1v) is 32.9. The third kappa shape index (κ3) is 27.4. The molecule has 0 saturated carbocycles. The van der Waals surface area contributed by atoms with Crippen LogP contribution in [0.25, 0.3) is 0 Å². The van der Waals surface area contributed by atoms with Crippen molar-refractivity contribution in [1.29, 1.82) is 0 Å². The number of para-hydroxylation sites is 1. The lowest BCUT2D eigenvalue weighted by Crippen LogP contribution is -2.59. The van der Waals surface area contributed by atoms with Gasteiger partial charge in [0.15, 0.2) is 0 Å². The summed E-state index contributed by atoms with van der Waals surface area (Å²) in [4.78, 5) is 132. The first-order chi connectivity index (χ1) is 44.0. The zero-order valence-corrected chi connectivity index (χ0v) is 53.7. The summed E-state index contributed by atoms with van der Waals surface area (Å²) < 4.78 is 1.54. The second-order valence-corrected chi connectivity index (χ2v) is 23.9. The number of anilines is 1. The number of phenols is 1. The zero-order valence-electron chi connectivity index (χ0n) is 53.7. The van der Waals surface area contributed by atoms with Crippen molar-refractivity contribution in [3.63, 3.8) is 0 Å². The van der Waals surface area contributed by atoms with Crippen molar-refractivity contribution in [3.8, 4) is 5.75 Å². The van der Waals surface area contributed by atoms with E-state index in [2.05, 4.69) is 59.4 Å². The van der Waals surface area contributed by atoms with Gasteiger partial charge in [-0.1, -0.05) is 126 Å². The Labute approximate surface area is 536 Å². The lowest BCUT2D eigenvalue weighted by Gasteiger charge is -2.33. The molecule has 2 aromatic carbocycles. The highest BCUT2D eigenvalue weighted by molar-refractivity contribution is 6.04. The summed E-state index contributed by atoms with van der Waals surface area (Å²) in [6, 6.07) is 8.60. The number of hydrogen-bond acceptors (Lipinski definition) is 14. The molecule has 0 aliphatic carbocycles. The number of nitrogens with two attached hydrogens (primary N) is 2. The van der Waals surface area contributed by atoms with E-state index in [-0.39, 0.29) is 63.3 Å². The minimum atomic E-state index is -1.39. The quantitative estimate of drug-likeness (QED) is 0.0280. The van der Waals surface area contributed by atoms with Crippen LogP contribution in [-0.2, 0) is 69.0 Å². The van der Waals surface area contributed by atoms with E-state index in [0.29, 0.717) is 79.6 Å². The number of nitrogens with one attached hydrogen (secondary N) is 7. The number of pyridine rings is 1. The number of rotatable bonds is 32. The number of fused-ring (bicyclic) bond motifs is 2. The van der Waals surface area contributed by atoms with Crippen LogP contribution in [0.4, 0.5) is 5.69 Å². The van der Waals surface area contributed by atoms with E-state index in [1.54, 1.807) is 72.5 Å². The normalized spacial score (nSPS) is 18.6. The second-order valence-electron chi connectivity index (χ2n) is 23.9. The van der Waals surface area contributed by atoms with Crippen LogP contribution in [0.5, 0.6) is 5.75 Å². The maximum Gasteiger partial charge on any atom is 0.247 e. The number of phenolic OH excluding ortho intramolecular Hbond substituents is 1. The number of benzene rings is 2. The number of nitrogens with zero attached hydrogens (tertiary/aromatic N) is 5. The van der Waals surface area contributed by atoms with Crippen molar-refractivity contribution in [3.05, 3.63) is 102 Å². The minimum absolute atomic E-state index is 0.0377. The number of unbranched alkanes of at least 4 members (excludes halogenated alkanes) is 14. The van der Waals surface area contributed by atoms with Crippen LogP contribution in [0.1, 0.15) is 184 Å². The molecule has 5 rings (SSSR count). The molecule has 0 spiro atoms. The Bertz CT molecular complexity index is 2910. The van der Waals surface area contributed by atoms with Gasteiger partial charge >= 0.3 is 0 Å². The highest BCUT2D eigenvalue weighted by Gasteiger charge is 2.36. The highest BCUT2D eigenvalue weighted by Crippen LogP contribution is 2.26. The Morgan fingerprint density at radius 3 is 2.03 bits per heavy atom. The van der Waals surface area contributed by atoms with Gasteiger partial charge in [-0.25, -0.2) is 0 Å². The summed E-state index contributed by atoms with van der Waals surface area (Å²) >= 11 is 0. The van der Waals surface area contributed by atoms with Crippen molar-refractivity contribution in [2.24, 2.45) is 11.5 Å². The summed E-state index contributed by atoms with van der Waals surface area (Å²) in [5.74, 6) is -5.87. The molecule has 0 unspecified atom stereocenters. The van der Waals surface area contributed by atoms with Gasteiger partial charge in [-0.2, -0.15) is 0 Å². The van der Waals surface area contributed by atoms with E-state index in [1.807, 2.05) is 0 Å². The van der Waals surface area contributed by atoms with Crippen molar-refractivity contribution in [2.75, 3.05) is 24.5 Å². The minimum Gasteiger partial charge on any atom is -0.508 e. The van der Waals surface area contributed by atoms with E-state index >= 15 is 4.79 Å². The maximum absolute atomic E-state index is 15.1. The van der Waals surface area contributed by atoms with Gasteiger partial charge < -0.3 is 53.8 Å². The Hall–Kier alpha value is -8.28. The van der Waals surface area contributed by atoms with Gasteiger partial charge in [0.2, 0.25) is 53.2 Å². The monoisotopic (exact) mass is 1260 g/mol. The average Bonchev–Trinajstić information content (AvgIpc) is 2.68. The van der Waals surface area contributed by atoms with E-state index in [0.717, 1.165) is 19.3 Å². The molecular formula is C67H100N14O10. The molecule has 12 N–H and O–H groups in total. The number of carbonyl (C=O) groups is 9. The van der Waals surface area contributed by atoms with Crippen LogP contribution in [0, 0.1) is 6.92 Å². The topological polar surface area (TPSA) is 357 Å². The fraction of sp³-hybridized carbons (Fsp3) is 0.582. The predicted molar refractivity (Wildman–Crippen MR) is 347 cm³/mol. The molecule has 0 radical (unpaired) electrons. The molecule has 24 heteroatoms. The Balaban J connectivity index is 1.38. The van der Waals surface area contributed by atoms with Crippen LogP contribution in [-0.4, -0.2) is 134 Å². The molecule has 2 bridgehead atoms. The Morgan fingerprint density at radius 2 is 1.37 bits per heavy atom. The van der Waals surface area contributed by atoms with Gasteiger partial charge in [-0.3, -0.25) is 57.7 Å². The summed E-state index contributed by atoms with van der Waals surface area (Å²) in [5, 5.41) is 38.2. The van der Waals surface area contributed by atoms with E-state index < -0.39 is 90.1 Å². The molecule has 498 valence electrons. The van der Waals surface area contributed by atoms with Crippen LogP contribution in [0.2, 0.25) is 0 Å². The maximum atomic E-state index is 15.1. The highest BCUT2D eigenvalue weighted by atomic mass is 16.3. The largest absolute Gasteiger partial charge is 0.508 e. The molecule has 2 aromatic heterocycles. The van der Waals surface area contributed by atoms with Gasteiger partial charge in [-0.05, 0) is 119 Å². The van der Waals surface area contributed by atoms with Crippen molar-refractivity contribution in [1.82, 2.24) is 57.2 Å². The number of carbonyl (C=O) groups excluding carboxylic acids is 9. The second kappa shape index (κ2) is 41.2. The zero-order chi connectivity index (χ0) is 65.8. The fourth-order valence-electron chi connectivity index (χ4n) is 11.1. The lowest BCUT2D eigenvalue weighted by molar-refractivity contribution is -0.134. The molecule has 91 heavy (non-hydrogen) atoms. The standard InChI is InChI=1S/C67H100N14O10/c1-4-5-6-7-8-9-10-11-12-13-14-15-16-32-60(84)71-39-23-20-28-53(62(69)86)74-67(91)59-31-21-24-40-80-46-51(78-79-80)43-57(73-48(3)82)66(90)77-56(42-50-27-25-38-70-44-50)65(89)75-54(29-19-22-37-68)64(88)76-55(41-49-33-35-52(83)36-34-49)63(87)72-45-61(85)81(59)58-30-18-17-26-47(58)2/h17-18,25-27,30,33-36,38,44,46,53-57,59,83H,4-16,19-24,28-29,31-32,37,39-43,45,68H2,1-3H3,(H2,69,86)(H,71,84)(H,72,87)(H,73,82)(H,74,91)(H,75,89)(H,76,88)(H,77,90)/t53-,54+,55+,56+,57-,59-/m1/s1. The fourth-order valence-corrected chi connectivity index (χ4v) is 11.1. The van der Waals surface area contributed by atoms with Crippen LogP contribution in [0.3, 0.4) is 0 Å². The van der Waals surface area contributed by atoms with Gasteiger partial charge in [0, 0.05) is 70.0 Å². The van der Waals surface area contributed by atoms with Crippen molar-refractivity contribution < 1.29 is 48.3 Å². The van der Waals surface area contributed by atoms with Gasteiger partial charge in [-0.15, -0.1) is 5.10 Å². The summed E-state index contributed by atoms with van der Waals surface area (Å²) in [5.41, 5.74) is 14.2. The third-order valence-electron chi connectivity index (χ3n) is 16.3. The molecule has 0 saturated heterocycles. The van der Waals surface area contributed by atoms with E-state index in [9.17, 15) is 43.5 Å². The molecule has 0 fully saturated rings. The number of amides is 9. The van der Waals surface area contributed by atoms with Crippen LogP contribution >= 0.6 is 0 Å². The predicted octanol–water partition coefficient (Wildman–Crippen LogP) is 5.24. The lowest BCUT2D eigenvalue weighted by atomic mass is 10.0. The summed E-state index contributed by atoms with van der Waals surface area (Å²) in [6.45, 7) is 5.49. The van der Waals surface area contributed by atoms with Crippen molar-refractivity contribution >= 4 is 58.9 Å². The number of hydrogen-bond donors (Lipinski definition) is 10. The van der Waals surface area contributed by atoms with Crippen molar-refractivity contribution in [2.45, 2.75) is 231 Å². The molecular weight excluding hydrogens is 1160 g/mol. The first-order valence-electron chi connectivity index (χ1n) is 32.9. The number of aromatic hydroxyl groups is 1. The Morgan fingerprint density at radius 1 is 0.725 bits per heavy atom. The third-order valence-corrected chi connectivity index (χ3v) is 16.3. The average molecular weight is 1260 g/mol. The molecule has 3 heterocycles.